The Morgan fingerprint density at radius 1 is 0.810 bits per heavy atom. The van der Waals surface area contributed by atoms with Gasteiger partial charge in [-0.1, -0.05) is 50.2 Å². The molecule has 0 aliphatic heterocycles. The van der Waals surface area contributed by atoms with Gasteiger partial charge in [0.1, 0.15) is 0 Å². The molecule has 0 aliphatic rings. The van der Waals surface area contributed by atoms with Crippen LogP contribution in [0.1, 0.15) is 13.8 Å². The van der Waals surface area contributed by atoms with E-state index in [1.807, 2.05) is 79.2 Å². The van der Waals surface area contributed by atoms with Crippen molar-refractivity contribution >= 4 is 19.0 Å². The first-order chi connectivity index (χ1) is 10.2. The Morgan fingerprint density at radius 3 is 1.52 bits per heavy atom. The molecule has 0 atom stereocenters. The fourth-order valence-electron chi connectivity index (χ4n) is 2.17. The third-order valence-electron chi connectivity index (χ3n) is 3.24. The molecule has 4 nitrogen and oxygen atoms in total. The number of hydrogen-bond donors (Lipinski definition) is 2. The lowest BCUT2D eigenvalue weighted by Crippen LogP contribution is -2.27. The van der Waals surface area contributed by atoms with Crippen molar-refractivity contribution in [2.24, 2.45) is 0 Å². The molecule has 2 rings (SSSR count). The predicted molar refractivity (Wildman–Crippen MR) is 90.7 cm³/mol. The minimum Gasteiger partial charge on any atom is -0.308 e. The Labute approximate surface area is 126 Å². The van der Waals surface area contributed by atoms with E-state index in [0.29, 0.717) is 13.1 Å². The number of hydrogen-bond acceptors (Lipinski definition) is 1. The average molecular weight is 303 g/mol. The van der Waals surface area contributed by atoms with Crippen LogP contribution in [0.5, 0.6) is 0 Å². The molecule has 0 heterocycles. The summed E-state index contributed by atoms with van der Waals surface area (Å²) in [6, 6.07) is 19.3. The molecule has 21 heavy (non-hydrogen) atoms. The van der Waals surface area contributed by atoms with E-state index >= 15 is 0 Å². The molecule has 0 amide bonds. The molecule has 5 heteroatoms. The van der Waals surface area contributed by atoms with Gasteiger partial charge in [0.2, 0.25) is 0 Å². The highest BCUT2D eigenvalue weighted by atomic mass is 31.2. The zero-order valence-corrected chi connectivity index (χ0v) is 13.4. The van der Waals surface area contributed by atoms with Crippen LogP contribution < -0.4 is 10.2 Å². The quantitative estimate of drug-likeness (QED) is 0.730. The van der Waals surface area contributed by atoms with Crippen molar-refractivity contribution in [3.8, 4) is 0 Å². The van der Waals surface area contributed by atoms with Crippen LogP contribution in [0, 0.1) is 0 Å². The first-order valence-electron chi connectivity index (χ1n) is 7.20. The summed E-state index contributed by atoms with van der Waals surface area (Å²) < 4.78 is 15.3. The summed E-state index contributed by atoms with van der Waals surface area (Å²) in [5.74, 6) is 0. The van der Waals surface area contributed by atoms with E-state index in [1.165, 1.54) is 0 Å². The van der Waals surface area contributed by atoms with E-state index in [9.17, 15) is 4.57 Å². The molecule has 0 saturated carbocycles. The Hall–Kier alpha value is -1.77. The number of nitrogens with one attached hydrogen (secondary N) is 2. The zero-order valence-electron chi connectivity index (χ0n) is 12.5. The molecule has 112 valence electrons. The summed E-state index contributed by atoms with van der Waals surface area (Å²) in [5, 5.41) is 6.35. The first kappa shape index (κ1) is 15.6. The molecule has 2 aromatic carbocycles. The monoisotopic (exact) mass is 303 g/mol. The Kier molecular flexibility index (Phi) is 5.43. The van der Waals surface area contributed by atoms with Gasteiger partial charge in [0.25, 0.3) is 0 Å². The van der Waals surface area contributed by atoms with Crippen LogP contribution in [0.4, 0.5) is 11.4 Å². The van der Waals surface area contributed by atoms with E-state index in [2.05, 4.69) is 10.2 Å². The molecule has 0 unspecified atom stereocenters. The van der Waals surface area contributed by atoms with Crippen molar-refractivity contribution in [1.82, 2.24) is 4.67 Å². The summed E-state index contributed by atoms with van der Waals surface area (Å²) in [4.78, 5) is 0. The van der Waals surface area contributed by atoms with Crippen molar-refractivity contribution in [3.05, 3.63) is 60.7 Å². The molecule has 0 aromatic heterocycles. The molecule has 2 aromatic rings. The van der Waals surface area contributed by atoms with E-state index < -0.39 is 7.59 Å². The van der Waals surface area contributed by atoms with Crippen LogP contribution in [0.15, 0.2) is 60.7 Å². The topological polar surface area (TPSA) is 44.4 Å². The lowest BCUT2D eigenvalue weighted by Gasteiger charge is -2.31. The van der Waals surface area contributed by atoms with E-state index in [-0.39, 0.29) is 0 Å². The maximum Gasteiger partial charge on any atom is 0.330 e. The summed E-state index contributed by atoms with van der Waals surface area (Å²) in [6.07, 6.45) is 0. The SMILES string of the molecule is CCN(CC)P(=O)(Nc1ccccc1)Nc1ccccc1. The lowest BCUT2D eigenvalue weighted by atomic mass is 10.3. The van der Waals surface area contributed by atoms with Crippen LogP contribution in [-0.2, 0) is 4.57 Å². The van der Waals surface area contributed by atoms with Crippen LogP contribution in [0.2, 0.25) is 0 Å². The van der Waals surface area contributed by atoms with Gasteiger partial charge in [0.15, 0.2) is 0 Å². The predicted octanol–water partition coefficient (Wildman–Crippen LogP) is 4.66. The number of anilines is 2. The number of nitrogens with zero attached hydrogens (tertiary/aromatic N) is 1. The summed E-state index contributed by atoms with van der Waals surface area (Å²) in [5.41, 5.74) is 1.69. The van der Waals surface area contributed by atoms with Crippen molar-refractivity contribution in [3.63, 3.8) is 0 Å². The van der Waals surface area contributed by atoms with E-state index in [4.69, 9.17) is 0 Å². The third-order valence-corrected chi connectivity index (χ3v) is 5.72. The Morgan fingerprint density at radius 2 is 1.19 bits per heavy atom. The van der Waals surface area contributed by atoms with Crippen LogP contribution >= 0.6 is 7.59 Å². The van der Waals surface area contributed by atoms with Gasteiger partial charge >= 0.3 is 7.59 Å². The van der Waals surface area contributed by atoms with Crippen molar-refractivity contribution in [2.45, 2.75) is 13.8 Å². The molecule has 0 fully saturated rings. The highest BCUT2D eigenvalue weighted by Gasteiger charge is 2.28. The summed E-state index contributed by atoms with van der Waals surface area (Å²) in [6.45, 7) is 5.42. The second-order valence-corrected chi connectivity index (χ2v) is 6.84. The Bertz CT molecular complexity index is 539. The normalized spacial score (nSPS) is 11.4. The van der Waals surface area contributed by atoms with Gasteiger partial charge < -0.3 is 10.2 Å². The highest BCUT2D eigenvalue weighted by Crippen LogP contribution is 2.48. The van der Waals surface area contributed by atoms with Crippen molar-refractivity contribution < 1.29 is 4.57 Å². The molecule has 0 bridgehead atoms. The lowest BCUT2D eigenvalue weighted by molar-refractivity contribution is 0.451. The largest absolute Gasteiger partial charge is 0.330 e. The molecule has 0 saturated heterocycles. The minimum absolute atomic E-state index is 0.702. The van der Waals surface area contributed by atoms with E-state index in [0.717, 1.165) is 11.4 Å². The van der Waals surface area contributed by atoms with Gasteiger partial charge in [-0.25, -0.2) is 4.67 Å². The summed E-state index contributed by atoms with van der Waals surface area (Å²) >= 11 is 0. The standard InChI is InChI=1S/C16H22N3OP/c1-3-19(4-2)21(20,17-15-11-7-5-8-12-15)18-16-13-9-6-10-14-16/h5-14H,3-4H2,1-2H3,(H2,17,18,20). The number of para-hydroxylation sites is 2. The van der Waals surface area contributed by atoms with Gasteiger partial charge in [0.05, 0.1) is 0 Å². The number of benzene rings is 2. The zero-order chi connectivity index (χ0) is 15.1. The van der Waals surface area contributed by atoms with Gasteiger partial charge in [-0.05, 0) is 24.3 Å². The smallest absolute Gasteiger partial charge is 0.308 e. The van der Waals surface area contributed by atoms with E-state index in [1.54, 1.807) is 0 Å². The number of rotatable bonds is 7. The molecule has 0 spiro atoms. The first-order valence-corrected chi connectivity index (χ1v) is 8.86. The average Bonchev–Trinajstić information content (AvgIpc) is 2.50. The molecule has 2 N–H and O–H groups in total. The minimum atomic E-state index is -2.94. The van der Waals surface area contributed by atoms with Gasteiger partial charge in [0, 0.05) is 24.5 Å². The second kappa shape index (κ2) is 7.30. The van der Waals surface area contributed by atoms with Crippen LogP contribution in [0.25, 0.3) is 0 Å². The fraction of sp³-hybridized carbons (Fsp3) is 0.250. The maximum absolute atomic E-state index is 13.4. The third kappa shape index (κ3) is 4.10. The second-order valence-electron chi connectivity index (χ2n) is 4.67. The van der Waals surface area contributed by atoms with Crippen LogP contribution in [0.3, 0.4) is 0 Å². The van der Waals surface area contributed by atoms with Gasteiger partial charge in [-0.2, -0.15) is 0 Å². The summed E-state index contributed by atoms with van der Waals surface area (Å²) in [7, 11) is -2.94. The fourth-order valence-corrected chi connectivity index (χ4v) is 4.30. The highest BCUT2D eigenvalue weighted by molar-refractivity contribution is 7.64. The molecule has 0 aliphatic carbocycles. The molecule has 0 radical (unpaired) electrons. The van der Waals surface area contributed by atoms with Crippen LogP contribution in [-0.4, -0.2) is 17.8 Å². The maximum atomic E-state index is 13.4. The Balaban J connectivity index is 2.28. The van der Waals surface area contributed by atoms with Gasteiger partial charge in [-0.3, -0.25) is 4.57 Å². The molecular formula is C16H22N3OP. The van der Waals surface area contributed by atoms with Gasteiger partial charge in [-0.15, -0.1) is 0 Å². The van der Waals surface area contributed by atoms with Crippen molar-refractivity contribution in [2.75, 3.05) is 23.3 Å². The molecular weight excluding hydrogens is 281 g/mol. The van der Waals surface area contributed by atoms with Crippen molar-refractivity contribution in [1.29, 1.82) is 0 Å².